The molecular formula is C12H24N2. The fourth-order valence-electron chi connectivity index (χ4n) is 3.05. The Morgan fingerprint density at radius 3 is 2.64 bits per heavy atom. The summed E-state index contributed by atoms with van der Waals surface area (Å²) in [6.07, 6.45) is 4.20. The molecule has 1 saturated heterocycles. The van der Waals surface area contributed by atoms with Crippen LogP contribution < -0.4 is 5.32 Å². The Labute approximate surface area is 88.1 Å². The molecule has 2 heteroatoms. The van der Waals surface area contributed by atoms with Gasteiger partial charge in [0.25, 0.3) is 0 Å². The first kappa shape index (κ1) is 10.4. The van der Waals surface area contributed by atoms with Crippen LogP contribution in [0.2, 0.25) is 0 Å². The Morgan fingerprint density at radius 2 is 1.93 bits per heavy atom. The molecule has 0 radical (unpaired) electrons. The van der Waals surface area contributed by atoms with Gasteiger partial charge >= 0.3 is 0 Å². The Kier molecular flexibility index (Phi) is 3.45. The Bertz CT molecular complexity index is 173. The molecule has 0 aromatic heterocycles. The number of nitrogens with zero attached hydrogens (tertiary/aromatic N) is 1. The molecule has 1 saturated carbocycles. The van der Waals surface area contributed by atoms with E-state index in [9.17, 15) is 0 Å². The SMILES string of the molecule is CC1CCC(N2CCCNCC2)C1C. The molecule has 0 spiro atoms. The van der Waals surface area contributed by atoms with E-state index in [-0.39, 0.29) is 0 Å². The molecule has 2 aliphatic rings. The van der Waals surface area contributed by atoms with Crippen molar-refractivity contribution >= 4 is 0 Å². The Morgan fingerprint density at radius 1 is 1.07 bits per heavy atom. The maximum Gasteiger partial charge on any atom is 0.0124 e. The van der Waals surface area contributed by atoms with Gasteiger partial charge < -0.3 is 5.32 Å². The van der Waals surface area contributed by atoms with Crippen molar-refractivity contribution in [3.8, 4) is 0 Å². The van der Waals surface area contributed by atoms with E-state index in [1.54, 1.807) is 0 Å². The lowest BCUT2D eigenvalue weighted by atomic mass is 9.97. The normalized spacial score (nSPS) is 41.1. The van der Waals surface area contributed by atoms with Crippen molar-refractivity contribution < 1.29 is 0 Å². The summed E-state index contributed by atoms with van der Waals surface area (Å²) in [7, 11) is 0. The second-order valence-electron chi connectivity index (χ2n) is 5.12. The summed E-state index contributed by atoms with van der Waals surface area (Å²) in [5, 5.41) is 3.49. The molecule has 1 heterocycles. The molecule has 14 heavy (non-hydrogen) atoms. The van der Waals surface area contributed by atoms with Crippen LogP contribution in [0.15, 0.2) is 0 Å². The predicted octanol–water partition coefficient (Wildman–Crippen LogP) is 1.72. The summed E-state index contributed by atoms with van der Waals surface area (Å²) in [4.78, 5) is 2.73. The van der Waals surface area contributed by atoms with Crippen molar-refractivity contribution in [3.63, 3.8) is 0 Å². The zero-order chi connectivity index (χ0) is 9.97. The molecule has 1 aliphatic carbocycles. The van der Waals surface area contributed by atoms with E-state index in [1.807, 2.05) is 0 Å². The van der Waals surface area contributed by atoms with Crippen molar-refractivity contribution in [3.05, 3.63) is 0 Å². The molecular weight excluding hydrogens is 172 g/mol. The van der Waals surface area contributed by atoms with Gasteiger partial charge in [0, 0.05) is 19.1 Å². The first-order valence-electron chi connectivity index (χ1n) is 6.24. The van der Waals surface area contributed by atoms with E-state index in [1.165, 1.54) is 45.4 Å². The van der Waals surface area contributed by atoms with Crippen LogP contribution in [0.3, 0.4) is 0 Å². The van der Waals surface area contributed by atoms with Crippen molar-refractivity contribution in [1.29, 1.82) is 0 Å². The fourth-order valence-corrected chi connectivity index (χ4v) is 3.05. The molecule has 0 bridgehead atoms. The minimum absolute atomic E-state index is 0.880. The Balaban J connectivity index is 1.92. The molecule has 2 nitrogen and oxygen atoms in total. The first-order chi connectivity index (χ1) is 6.79. The van der Waals surface area contributed by atoms with Crippen molar-refractivity contribution in [2.45, 2.75) is 39.2 Å². The molecule has 2 rings (SSSR count). The van der Waals surface area contributed by atoms with Gasteiger partial charge in [-0.05, 0) is 44.2 Å². The molecule has 3 unspecified atom stereocenters. The fraction of sp³-hybridized carbons (Fsp3) is 1.00. The number of hydrogen-bond donors (Lipinski definition) is 1. The van der Waals surface area contributed by atoms with Crippen molar-refractivity contribution in [2.75, 3.05) is 26.2 Å². The molecule has 0 amide bonds. The van der Waals surface area contributed by atoms with Crippen LogP contribution in [0.25, 0.3) is 0 Å². The van der Waals surface area contributed by atoms with Crippen LogP contribution >= 0.6 is 0 Å². The van der Waals surface area contributed by atoms with Gasteiger partial charge in [0.05, 0.1) is 0 Å². The summed E-state index contributed by atoms with van der Waals surface area (Å²) in [5.41, 5.74) is 0. The third-order valence-electron chi connectivity index (χ3n) is 4.27. The molecule has 0 aromatic rings. The topological polar surface area (TPSA) is 15.3 Å². The van der Waals surface area contributed by atoms with Crippen LogP contribution in [0, 0.1) is 11.8 Å². The third-order valence-corrected chi connectivity index (χ3v) is 4.27. The smallest absolute Gasteiger partial charge is 0.0124 e. The van der Waals surface area contributed by atoms with E-state index in [2.05, 4.69) is 24.1 Å². The van der Waals surface area contributed by atoms with Gasteiger partial charge in [0.15, 0.2) is 0 Å². The highest BCUT2D eigenvalue weighted by Crippen LogP contribution is 2.34. The van der Waals surface area contributed by atoms with E-state index in [0.29, 0.717) is 0 Å². The second-order valence-corrected chi connectivity index (χ2v) is 5.12. The summed E-state index contributed by atoms with van der Waals surface area (Å²) in [6.45, 7) is 9.85. The highest BCUT2D eigenvalue weighted by atomic mass is 15.2. The van der Waals surface area contributed by atoms with E-state index in [0.717, 1.165) is 17.9 Å². The zero-order valence-corrected chi connectivity index (χ0v) is 9.63. The molecule has 82 valence electrons. The lowest BCUT2D eigenvalue weighted by molar-refractivity contribution is 0.166. The molecule has 2 fully saturated rings. The van der Waals surface area contributed by atoms with Gasteiger partial charge in [-0.1, -0.05) is 13.8 Å². The van der Waals surface area contributed by atoms with Crippen molar-refractivity contribution in [2.24, 2.45) is 11.8 Å². The highest BCUT2D eigenvalue weighted by Gasteiger charge is 2.33. The molecule has 0 aromatic carbocycles. The molecule has 1 aliphatic heterocycles. The van der Waals surface area contributed by atoms with E-state index < -0.39 is 0 Å². The van der Waals surface area contributed by atoms with Gasteiger partial charge in [0.2, 0.25) is 0 Å². The predicted molar refractivity (Wildman–Crippen MR) is 60.4 cm³/mol. The lowest BCUT2D eigenvalue weighted by Crippen LogP contribution is -2.40. The lowest BCUT2D eigenvalue weighted by Gasteiger charge is -2.31. The molecule has 1 N–H and O–H groups in total. The van der Waals surface area contributed by atoms with Gasteiger partial charge in [-0.3, -0.25) is 4.90 Å². The maximum absolute atomic E-state index is 3.49. The van der Waals surface area contributed by atoms with Crippen LogP contribution in [-0.2, 0) is 0 Å². The average molecular weight is 196 g/mol. The monoisotopic (exact) mass is 196 g/mol. The van der Waals surface area contributed by atoms with E-state index in [4.69, 9.17) is 0 Å². The zero-order valence-electron chi connectivity index (χ0n) is 9.63. The quantitative estimate of drug-likeness (QED) is 0.687. The molecule has 3 atom stereocenters. The van der Waals surface area contributed by atoms with Gasteiger partial charge in [-0.15, -0.1) is 0 Å². The summed E-state index contributed by atoms with van der Waals surface area (Å²) in [6, 6.07) is 0.880. The summed E-state index contributed by atoms with van der Waals surface area (Å²) >= 11 is 0. The number of nitrogens with one attached hydrogen (secondary N) is 1. The standard InChI is InChI=1S/C12H24N2/c1-10-4-5-12(11(10)2)14-8-3-6-13-7-9-14/h10-13H,3-9H2,1-2H3. The summed E-state index contributed by atoms with van der Waals surface area (Å²) < 4.78 is 0. The average Bonchev–Trinajstić information content (AvgIpc) is 2.47. The van der Waals surface area contributed by atoms with Gasteiger partial charge in [-0.2, -0.15) is 0 Å². The number of rotatable bonds is 1. The third kappa shape index (κ3) is 2.12. The minimum Gasteiger partial charge on any atom is -0.315 e. The minimum atomic E-state index is 0.880. The second kappa shape index (κ2) is 4.63. The maximum atomic E-state index is 3.49. The first-order valence-corrected chi connectivity index (χ1v) is 6.24. The van der Waals surface area contributed by atoms with Gasteiger partial charge in [0.1, 0.15) is 0 Å². The van der Waals surface area contributed by atoms with Crippen LogP contribution in [0.5, 0.6) is 0 Å². The Hall–Kier alpha value is -0.0800. The van der Waals surface area contributed by atoms with Gasteiger partial charge in [-0.25, -0.2) is 0 Å². The van der Waals surface area contributed by atoms with Crippen LogP contribution in [0.4, 0.5) is 0 Å². The van der Waals surface area contributed by atoms with E-state index >= 15 is 0 Å². The van der Waals surface area contributed by atoms with Crippen LogP contribution in [-0.4, -0.2) is 37.1 Å². The summed E-state index contributed by atoms with van der Waals surface area (Å²) in [5.74, 6) is 1.85. The number of hydrogen-bond acceptors (Lipinski definition) is 2. The largest absolute Gasteiger partial charge is 0.315 e. The van der Waals surface area contributed by atoms with Crippen molar-refractivity contribution in [1.82, 2.24) is 10.2 Å². The highest BCUT2D eigenvalue weighted by molar-refractivity contribution is 4.87. The van der Waals surface area contributed by atoms with Crippen LogP contribution in [0.1, 0.15) is 33.1 Å².